The highest BCUT2D eigenvalue weighted by atomic mass is 79.9. The minimum absolute atomic E-state index is 0.0859. The Bertz CT molecular complexity index is 913. The zero-order valence-electron chi connectivity index (χ0n) is 16.5. The zero-order valence-corrected chi connectivity index (χ0v) is 18.9. The number of alkyl carbamates (subject to hydrolysis) is 1. The van der Waals surface area contributed by atoms with Crippen LogP contribution in [0, 0.1) is 0 Å². The number of rotatable bonds is 10. The maximum atomic E-state index is 12.2. The van der Waals surface area contributed by atoms with E-state index >= 15 is 0 Å². The van der Waals surface area contributed by atoms with Crippen LogP contribution in [0.4, 0.5) is 4.79 Å². The van der Waals surface area contributed by atoms with Gasteiger partial charge in [-0.2, -0.15) is 0 Å². The molecule has 0 heterocycles. The summed E-state index contributed by atoms with van der Waals surface area (Å²) in [5.41, 5.74) is 6.91. The number of carbonyl (C=O) groups is 3. The zero-order chi connectivity index (χ0) is 22.8. The number of nitrogens with two attached hydrogens (primary N) is 1. The van der Waals surface area contributed by atoms with Crippen molar-refractivity contribution in [2.24, 2.45) is 5.73 Å². The van der Waals surface area contributed by atoms with Gasteiger partial charge in [0.05, 0.1) is 12.5 Å². The Morgan fingerprint density at radius 1 is 1.16 bits per heavy atom. The average molecular weight is 513 g/mol. The van der Waals surface area contributed by atoms with Crippen LogP contribution in [0.15, 0.2) is 53.0 Å². The van der Waals surface area contributed by atoms with E-state index in [1.807, 2.05) is 30.3 Å². The largest absolute Gasteiger partial charge is 0.445 e. The van der Waals surface area contributed by atoms with Gasteiger partial charge in [-0.3, -0.25) is 9.59 Å². The van der Waals surface area contributed by atoms with Crippen molar-refractivity contribution >= 4 is 45.4 Å². The van der Waals surface area contributed by atoms with Crippen molar-refractivity contribution in [1.82, 2.24) is 10.6 Å². The molecule has 0 unspecified atom stereocenters. The summed E-state index contributed by atoms with van der Waals surface area (Å²) in [6.07, 6.45) is -2.10. The molecule has 0 aromatic heterocycles. The van der Waals surface area contributed by atoms with Crippen molar-refractivity contribution in [3.8, 4) is 0 Å². The first-order chi connectivity index (χ1) is 14.7. The lowest BCUT2D eigenvalue weighted by molar-refractivity contribution is -0.128. The van der Waals surface area contributed by atoms with Crippen molar-refractivity contribution in [2.75, 3.05) is 6.54 Å². The van der Waals surface area contributed by atoms with E-state index in [4.69, 9.17) is 22.1 Å². The van der Waals surface area contributed by atoms with Gasteiger partial charge in [-0.25, -0.2) is 4.79 Å². The van der Waals surface area contributed by atoms with Crippen molar-refractivity contribution in [1.29, 1.82) is 0 Å². The van der Waals surface area contributed by atoms with E-state index in [1.54, 1.807) is 18.2 Å². The Morgan fingerprint density at radius 2 is 1.87 bits per heavy atom. The van der Waals surface area contributed by atoms with Crippen LogP contribution >= 0.6 is 27.5 Å². The van der Waals surface area contributed by atoms with E-state index in [1.165, 1.54) is 0 Å². The van der Waals surface area contributed by atoms with Gasteiger partial charge in [0.2, 0.25) is 11.8 Å². The fraction of sp³-hybridized carbons (Fsp3) is 0.286. The van der Waals surface area contributed by atoms with Gasteiger partial charge >= 0.3 is 6.09 Å². The molecule has 0 bridgehead atoms. The van der Waals surface area contributed by atoms with Crippen LogP contribution in [0.1, 0.15) is 17.5 Å². The maximum Gasteiger partial charge on any atom is 0.407 e. The van der Waals surface area contributed by atoms with Gasteiger partial charge in [-0.05, 0) is 29.3 Å². The summed E-state index contributed by atoms with van der Waals surface area (Å²) in [4.78, 5) is 35.7. The molecule has 2 atom stereocenters. The predicted octanol–water partition coefficient (Wildman–Crippen LogP) is 2.29. The summed E-state index contributed by atoms with van der Waals surface area (Å²) in [7, 11) is 0. The lowest BCUT2D eigenvalue weighted by Gasteiger charge is -2.18. The monoisotopic (exact) mass is 511 g/mol. The highest BCUT2D eigenvalue weighted by Crippen LogP contribution is 2.22. The molecule has 2 aromatic carbocycles. The van der Waals surface area contributed by atoms with Gasteiger partial charge < -0.3 is 26.2 Å². The minimum atomic E-state index is -1.17. The van der Waals surface area contributed by atoms with Gasteiger partial charge in [0.25, 0.3) is 0 Å². The van der Waals surface area contributed by atoms with Crippen LogP contribution in [0.3, 0.4) is 0 Å². The summed E-state index contributed by atoms with van der Waals surface area (Å²) in [5.74, 6) is -1.31. The summed E-state index contributed by atoms with van der Waals surface area (Å²) >= 11 is 9.33. The van der Waals surface area contributed by atoms with Crippen LogP contribution in [-0.4, -0.2) is 41.7 Å². The van der Waals surface area contributed by atoms with E-state index in [0.29, 0.717) is 10.6 Å². The smallest absolute Gasteiger partial charge is 0.407 e. The first-order valence-electron chi connectivity index (χ1n) is 9.40. The molecule has 5 N–H and O–H groups in total. The third kappa shape index (κ3) is 8.95. The predicted molar refractivity (Wildman–Crippen MR) is 119 cm³/mol. The molecule has 2 aromatic rings. The standard InChI is InChI=1S/C21H23BrClN3O5/c22-17-7-6-15(23)8-14(17)9-18(20(24)29)26-19(28)10-16(27)11-25-21(30)31-12-13-4-2-1-3-5-13/h1-8,16,18,27H,9-12H2,(H2,24,29)(H,25,30)(H,26,28)/t16-,18-/m0/s1. The van der Waals surface area contributed by atoms with E-state index in [2.05, 4.69) is 26.6 Å². The molecular weight excluding hydrogens is 490 g/mol. The molecule has 0 aliphatic rings. The van der Waals surface area contributed by atoms with E-state index in [-0.39, 0.29) is 26.0 Å². The van der Waals surface area contributed by atoms with Gasteiger partial charge in [-0.15, -0.1) is 0 Å². The number of amides is 3. The molecular formula is C21H23BrClN3O5. The second-order valence-electron chi connectivity index (χ2n) is 6.76. The Hall–Kier alpha value is -2.62. The molecule has 2 rings (SSSR count). The number of carbonyl (C=O) groups excluding carboxylic acids is 3. The quantitative estimate of drug-likeness (QED) is 0.388. The topological polar surface area (TPSA) is 131 Å². The summed E-state index contributed by atoms with van der Waals surface area (Å²) in [6.45, 7) is -0.106. The number of primary amides is 1. The second-order valence-corrected chi connectivity index (χ2v) is 8.05. The Kier molecular flexibility index (Phi) is 9.77. The van der Waals surface area contributed by atoms with Crippen LogP contribution in [0.2, 0.25) is 5.02 Å². The normalized spacial score (nSPS) is 12.5. The van der Waals surface area contributed by atoms with Gasteiger partial charge in [0, 0.05) is 22.5 Å². The van der Waals surface area contributed by atoms with E-state index in [9.17, 15) is 19.5 Å². The van der Waals surface area contributed by atoms with Crippen LogP contribution < -0.4 is 16.4 Å². The van der Waals surface area contributed by atoms with Gasteiger partial charge in [0.1, 0.15) is 12.6 Å². The number of benzene rings is 2. The van der Waals surface area contributed by atoms with Crippen LogP contribution in [0.5, 0.6) is 0 Å². The third-order valence-corrected chi connectivity index (χ3v) is 5.23. The molecule has 0 aliphatic carbocycles. The summed E-state index contributed by atoms with van der Waals surface area (Å²) < 4.78 is 5.75. The van der Waals surface area contributed by atoms with Crippen molar-refractivity contribution < 1.29 is 24.2 Å². The highest BCUT2D eigenvalue weighted by Gasteiger charge is 2.22. The first kappa shape index (κ1) is 24.6. The Morgan fingerprint density at radius 3 is 2.55 bits per heavy atom. The Labute approximate surface area is 193 Å². The third-order valence-electron chi connectivity index (χ3n) is 4.23. The molecule has 10 heteroatoms. The van der Waals surface area contributed by atoms with Crippen LogP contribution in [-0.2, 0) is 27.4 Å². The molecule has 0 aliphatic heterocycles. The molecule has 0 radical (unpaired) electrons. The molecule has 0 spiro atoms. The van der Waals surface area contributed by atoms with Gasteiger partial charge in [0.15, 0.2) is 0 Å². The highest BCUT2D eigenvalue weighted by molar-refractivity contribution is 9.10. The fourth-order valence-corrected chi connectivity index (χ4v) is 3.26. The molecule has 166 valence electrons. The lowest BCUT2D eigenvalue weighted by Crippen LogP contribution is -2.47. The van der Waals surface area contributed by atoms with Crippen molar-refractivity contribution in [2.45, 2.75) is 31.6 Å². The number of hydrogen-bond acceptors (Lipinski definition) is 5. The minimum Gasteiger partial charge on any atom is -0.445 e. The van der Waals surface area contributed by atoms with E-state index < -0.39 is 30.1 Å². The summed E-state index contributed by atoms with van der Waals surface area (Å²) in [5, 5.41) is 15.4. The number of hydrogen-bond donors (Lipinski definition) is 4. The molecule has 0 saturated heterocycles. The van der Waals surface area contributed by atoms with Crippen LogP contribution in [0.25, 0.3) is 0 Å². The number of aliphatic hydroxyl groups excluding tert-OH is 1. The molecule has 31 heavy (non-hydrogen) atoms. The Balaban J connectivity index is 1.77. The number of halogens is 2. The van der Waals surface area contributed by atoms with Crippen molar-refractivity contribution in [3.05, 3.63) is 69.2 Å². The maximum absolute atomic E-state index is 12.2. The number of ether oxygens (including phenoxy) is 1. The average Bonchev–Trinajstić information content (AvgIpc) is 2.73. The van der Waals surface area contributed by atoms with E-state index in [0.717, 1.165) is 10.0 Å². The summed E-state index contributed by atoms with van der Waals surface area (Å²) in [6, 6.07) is 13.2. The lowest BCUT2D eigenvalue weighted by atomic mass is 10.0. The second kappa shape index (κ2) is 12.3. The SMILES string of the molecule is NC(=O)[C@H](Cc1cc(Cl)ccc1Br)NC(=O)C[C@H](O)CNC(=O)OCc1ccccc1. The number of aliphatic hydroxyl groups is 1. The first-order valence-corrected chi connectivity index (χ1v) is 10.6. The van der Waals surface area contributed by atoms with Crippen molar-refractivity contribution in [3.63, 3.8) is 0 Å². The molecule has 3 amide bonds. The molecule has 8 nitrogen and oxygen atoms in total. The number of nitrogens with one attached hydrogen (secondary N) is 2. The molecule has 0 fully saturated rings. The molecule has 0 saturated carbocycles. The fourth-order valence-electron chi connectivity index (χ4n) is 2.66. The van der Waals surface area contributed by atoms with Gasteiger partial charge in [-0.1, -0.05) is 57.9 Å².